The Morgan fingerprint density at radius 3 is 2.79 bits per heavy atom. The molecule has 0 radical (unpaired) electrons. The Morgan fingerprint density at radius 1 is 1.17 bits per heavy atom. The number of amides is 1. The molecule has 0 N–H and O–H groups in total. The fourth-order valence-electron chi connectivity index (χ4n) is 2.84. The molecule has 0 aliphatic carbocycles. The Morgan fingerprint density at radius 2 is 2.00 bits per heavy atom. The van der Waals surface area contributed by atoms with Gasteiger partial charge in [0, 0.05) is 44.8 Å². The summed E-state index contributed by atoms with van der Waals surface area (Å²) in [7, 11) is 0. The molecule has 1 aliphatic rings. The maximum atomic E-state index is 12.5. The molecule has 122 valence electrons. The summed E-state index contributed by atoms with van der Waals surface area (Å²) in [6, 6.07) is 3.57. The Labute approximate surface area is 142 Å². The maximum Gasteiger partial charge on any atom is 0.256 e. The van der Waals surface area contributed by atoms with E-state index in [1.54, 1.807) is 24.8 Å². The number of rotatable bonds is 2. The monoisotopic (exact) mass is 343 g/mol. The third-order valence-electron chi connectivity index (χ3n) is 4.03. The summed E-state index contributed by atoms with van der Waals surface area (Å²) < 4.78 is 1.85. The second-order valence-electron chi connectivity index (χ2n) is 5.48. The van der Waals surface area contributed by atoms with Crippen LogP contribution in [-0.2, 0) is 0 Å². The molecule has 0 bridgehead atoms. The highest BCUT2D eigenvalue weighted by molar-refractivity contribution is 6.30. The molecular formula is C15H14ClN7O. The number of carbonyl (C=O) groups is 1. The van der Waals surface area contributed by atoms with E-state index in [1.165, 1.54) is 6.20 Å². The van der Waals surface area contributed by atoms with Crippen LogP contribution >= 0.6 is 11.6 Å². The molecule has 1 saturated heterocycles. The molecule has 1 amide bonds. The quantitative estimate of drug-likeness (QED) is 0.694. The van der Waals surface area contributed by atoms with E-state index in [9.17, 15) is 4.79 Å². The minimum atomic E-state index is -0.0474. The fraction of sp³-hybridized carbons (Fsp3) is 0.267. The first-order valence-electron chi connectivity index (χ1n) is 7.52. The van der Waals surface area contributed by atoms with Crippen LogP contribution in [0.2, 0.25) is 5.02 Å². The number of hydrogen-bond donors (Lipinski definition) is 0. The maximum absolute atomic E-state index is 12.5. The lowest BCUT2D eigenvalue weighted by Gasteiger charge is -2.36. The van der Waals surface area contributed by atoms with E-state index in [-0.39, 0.29) is 5.91 Å². The van der Waals surface area contributed by atoms with Gasteiger partial charge in [0.25, 0.3) is 11.7 Å². The highest BCUT2D eigenvalue weighted by Crippen LogP contribution is 2.18. The van der Waals surface area contributed by atoms with Gasteiger partial charge in [0.05, 0.1) is 10.6 Å². The number of piperazine rings is 1. The van der Waals surface area contributed by atoms with Crippen LogP contribution in [0, 0.1) is 0 Å². The van der Waals surface area contributed by atoms with Gasteiger partial charge >= 0.3 is 0 Å². The van der Waals surface area contributed by atoms with Gasteiger partial charge < -0.3 is 9.80 Å². The Bertz CT molecular complexity index is 888. The van der Waals surface area contributed by atoms with Gasteiger partial charge in [0.2, 0.25) is 0 Å². The summed E-state index contributed by atoms with van der Waals surface area (Å²) in [5.41, 5.74) is 0.515. The first-order chi connectivity index (χ1) is 11.7. The normalized spacial score (nSPS) is 15.0. The van der Waals surface area contributed by atoms with Gasteiger partial charge in [-0.3, -0.25) is 14.2 Å². The smallest absolute Gasteiger partial charge is 0.256 e. The lowest BCUT2D eigenvalue weighted by Crippen LogP contribution is -2.49. The van der Waals surface area contributed by atoms with Gasteiger partial charge in [0.15, 0.2) is 0 Å². The van der Waals surface area contributed by atoms with Gasteiger partial charge in [-0.2, -0.15) is 0 Å². The van der Waals surface area contributed by atoms with Crippen LogP contribution in [0.25, 0.3) is 5.78 Å². The fourth-order valence-corrected chi connectivity index (χ4v) is 3.01. The largest absolute Gasteiger partial charge is 0.354 e. The van der Waals surface area contributed by atoms with Crippen molar-refractivity contribution < 1.29 is 4.79 Å². The van der Waals surface area contributed by atoms with E-state index >= 15 is 0 Å². The van der Waals surface area contributed by atoms with Crippen LogP contribution in [0.15, 0.2) is 37.1 Å². The first kappa shape index (κ1) is 14.8. The predicted molar refractivity (Wildman–Crippen MR) is 88.1 cm³/mol. The highest BCUT2D eigenvalue weighted by atomic mass is 35.5. The average molecular weight is 344 g/mol. The van der Waals surface area contributed by atoms with Crippen molar-refractivity contribution in [2.75, 3.05) is 31.1 Å². The lowest BCUT2D eigenvalue weighted by atomic mass is 10.2. The van der Waals surface area contributed by atoms with Crippen molar-refractivity contribution in [3.63, 3.8) is 0 Å². The highest BCUT2D eigenvalue weighted by Gasteiger charge is 2.23. The first-order valence-corrected chi connectivity index (χ1v) is 7.90. The number of anilines is 1. The molecule has 3 aromatic rings. The molecule has 0 atom stereocenters. The zero-order chi connectivity index (χ0) is 16.5. The van der Waals surface area contributed by atoms with Crippen LogP contribution in [0.5, 0.6) is 0 Å². The topological polar surface area (TPSA) is 79.5 Å². The predicted octanol–water partition coefficient (Wildman–Crippen LogP) is 1.14. The number of hydrogen-bond acceptors (Lipinski definition) is 6. The van der Waals surface area contributed by atoms with Gasteiger partial charge in [-0.15, -0.1) is 10.2 Å². The molecule has 0 saturated carbocycles. The molecule has 3 aromatic heterocycles. The van der Waals surface area contributed by atoms with Crippen LogP contribution in [0.1, 0.15) is 10.4 Å². The molecule has 0 aromatic carbocycles. The molecule has 24 heavy (non-hydrogen) atoms. The van der Waals surface area contributed by atoms with Crippen molar-refractivity contribution >= 4 is 29.1 Å². The molecule has 9 heteroatoms. The minimum Gasteiger partial charge on any atom is -0.354 e. The third kappa shape index (κ3) is 2.65. The van der Waals surface area contributed by atoms with Gasteiger partial charge in [-0.1, -0.05) is 11.6 Å². The summed E-state index contributed by atoms with van der Waals surface area (Å²) in [6.07, 6.45) is 6.43. The zero-order valence-electron chi connectivity index (χ0n) is 12.7. The zero-order valence-corrected chi connectivity index (χ0v) is 13.5. The SMILES string of the molecule is O=C(c1cncc(Cl)c1)N1CCN(c2ccnc3nncn23)CC1. The molecule has 0 unspecified atom stereocenters. The van der Waals surface area contributed by atoms with E-state index in [1.807, 2.05) is 15.4 Å². The number of halogens is 1. The Hall–Kier alpha value is -2.74. The van der Waals surface area contributed by atoms with E-state index in [0.717, 1.165) is 18.9 Å². The van der Waals surface area contributed by atoms with Crippen LogP contribution in [0.3, 0.4) is 0 Å². The molecule has 1 aliphatic heterocycles. The summed E-state index contributed by atoms with van der Waals surface area (Å²) in [5, 5.41) is 8.31. The molecule has 4 rings (SSSR count). The number of pyridine rings is 1. The average Bonchev–Trinajstić information content (AvgIpc) is 3.10. The van der Waals surface area contributed by atoms with Crippen LogP contribution in [0.4, 0.5) is 5.82 Å². The lowest BCUT2D eigenvalue weighted by molar-refractivity contribution is 0.0746. The Kier molecular flexibility index (Phi) is 3.73. The number of carbonyl (C=O) groups excluding carboxylic acids is 1. The molecule has 0 spiro atoms. The van der Waals surface area contributed by atoms with Crippen molar-refractivity contribution in [3.05, 3.63) is 47.6 Å². The van der Waals surface area contributed by atoms with Crippen molar-refractivity contribution in [1.29, 1.82) is 0 Å². The number of fused-ring (bicyclic) bond motifs is 1. The molecular weight excluding hydrogens is 330 g/mol. The second-order valence-corrected chi connectivity index (χ2v) is 5.91. The van der Waals surface area contributed by atoms with Gasteiger partial charge in [-0.05, 0) is 12.1 Å². The second kappa shape index (κ2) is 6.04. The van der Waals surface area contributed by atoms with Crippen molar-refractivity contribution in [2.24, 2.45) is 0 Å². The van der Waals surface area contributed by atoms with Crippen molar-refractivity contribution in [2.45, 2.75) is 0 Å². The summed E-state index contributed by atoms with van der Waals surface area (Å²) in [4.78, 5) is 24.7. The molecule has 1 fully saturated rings. The van der Waals surface area contributed by atoms with Crippen molar-refractivity contribution in [1.82, 2.24) is 29.5 Å². The van der Waals surface area contributed by atoms with E-state index in [4.69, 9.17) is 11.6 Å². The van der Waals surface area contributed by atoms with E-state index in [0.29, 0.717) is 29.5 Å². The van der Waals surface area contributed by atoms with Gasteiger partial charge in [-0.25, -0.2) is 4.98 Å². The van der Waals surface area contributed by atoms with E-state index in [2.05, 4.69) is 25.1 Å². The Balaban J connectivity index is 1.49. The van der Waals surface area contributed by atoms with Crippen molar-refractivity contribution in [3.8, 4) is 0 Å². The van der Waals surface area contributed by atoms with Crippen LogP contribution in [-0.4, -0.2) is 61.6 Å². The van der Waals surface area contributed by atoms with E-state index < -0.39 is 0 Å². The minimum absolute atomic E-state index is 0.0474. The molecule has 8 nitrogen and oxygen atoms in total. The summed E-state index contributed by atoms with van der Waals surface area (Å²) in [6.45, 7) is 2.68. The number of nitrogens with zero attached hydrogens (tertiary/aromatic N) is 7. The summed E-state index contributed by atoms with van der Waals surface area (Å²) >= 11 is 5.91. The summed E-state index contributed by atoms with van der Waals surface area (Å²) in [5.74, 6) is 1.49. The number of aromatic nitrogens is 5. The standard InChI is InChI=1S/C15H14ClN7O/c16-12-7-11(8-17-9-12)14(24)22-5-3-21(4-6-22)13-1-2-18-15-20-19-10-23(13)15/h1-2,7-10H,3-6H2. The van der Waals surface area contributed by atoms with Gasteiger partial charge in [0.1, 0.15) is 12.1 Å². The molecule has 4 heterocycles. The third-order valence-corrected chi connectivity index (χ3v) is 4.24. The van der Waals surface area contributed by atoms with Crippen LogP contribution < -0.4 is 4.90 Å².